The molecule has 0 radical (unpaired) electrons. The number of nitrogens with one attached hydrogen (secondary N) is 2. The van der Waals surface area contributed by atoms with E-state index in [4.69, 9.17) is 4.84 Å². The van der Waals surface area contributed by atoms with Crippen LogP contribution in [0.5, 0.6) is 0 Å². The van der Waals surface area contributed by atoms with Gasteiger partial charge in [-0.1, -0.05) is 66.7 Å². The largest absolute Gasteiger partial charge is 0.371 e. The normalized spacial score (nSPS) is 11.3. The van der Waals surface area contributed by atoms with E-state index in [-0.39, 0.29) is 5.91 Å². The lowest BCUT2D eigenvalue weighted by molar-refractivity contribution is -0.138. The summed E-state index contributed by atoms with van der Waals surface area (Å²) in [4.78, 5) is 17.9. The van der Waals surface area contributed by atoms with Crippen molar-refractivity contribution in [1.82, 2.24) is 5.48 Å². The Morgan fingerprint density at radius 2 is 1.60 bits per heavy atom. The molecule has 2 N–H and O–H groups in total. The van der Waals surface area contributed by atoms with Crippen molar-refractivity contribution in [3.63, 3.8) is 0 Å². The average molecular weight is 334 g/mol. The standard InChI is InChI=1S/C21H22N2O2/c1-21(2,20(24)23-25-15-16-9-4-3-5-10-16)22-19-14-8-12-17-11-6-7-13-18(17)19/h3-14,22H,15H2,1-2H3,(H,23,24). The van der Waals surface area contributed by atoms with E-state index in [1.54, 1.807) is 0 Å². The van der Waals surface area contributed by atoms with Crippen LogP contribution in [0.2, 0.25) is 0 Å². The summed E-state index contributed by atoms with van der Waals surface area (Å²) in [7, 11) is 0. The number of fused-ring (bicyclic) bond motifs is 1. The van der Waals surface area contributed by atoms with Crippen molar-refractivity contribution in [3.05, 3.63) is 78.4 Å². The first-order chi connectivity index (χ1) is 12.1. The maximum atomic E-state index is 12.5. The number of benzene rings is 3. The van der Waals surface area contributed by atoms with Gasteiger partial charge in [0.1, 0.15) is 5.54 Å². The van der Waals surface area contributed by atoms with Gasteiger partial charge in [0.05, 0.1) is 6.61 Å². The van der Waals surface area contributed by atoms with Crippen LogP contribution in [0.3, 0.4) is 0 Å². The second-order valence-electron chi connectivity index (χ2n) is 6.48. The first kappa shape index (κ1) is 17.0. The molecule has 4 heteroatoms. The molecule has 0 aliphatic carbocycles. The summed E-state index contributed by atoms with van der Waals surface area (Å²) in [5.41, 5.74) is 3.64. The van der Waals surface area contributed by atoms with Crippen LogP contribution in [0.15, 0.2) is 72.8 Å². The first-order valence-corrected chi connectivity index (χ1v) is 8.28. The van der Waals surface area contributed by atoms with Crippen molar-refractivity contribution in [1.29, 1.82) is 0 Å². The lowest BCUT2D eigenvalue weighted by Crippen LogP contribution is -2.47. The van der Waals surface area contributed by atoms with Gasteiger partial charge in [0.2, 0.25) is 0 Å². The molecule has 0 unspecified atom stereocenters. The average Bonchev–Trinajstić information content (AvgIpc) is 2.62. The lowest BCUT2D eigenvalue weighted by Gasteiger charge is -2.26. The summed E-state index contributed by atoms with van der Waals surface area (Å²) in [5, 5.41) is 5.53. The van der Waals surface area contributed by atoms with Crippen molar-refractivity contribution in [2.24, 2.45) is 0 Å². The molecule has 0 fully saturated rings. The number of hydroxylamine groups is 1. The smallest absolute Gasteiger partial charge is 0.268 e. The van der Waals surface area contributed by atoms with E-state index >= 15 is 0 Å². The van der Waals surface area contributed by atoms with E-state index in [0.29, 0.717) is 6.61 Å². The zero-order chi connectivity index (χ0) is 17.7. The minimum atomic E-state index is -0.819. The lowest BCUT2D eigenvalue weighted by atomic mass is 10.0. The van der Waals surface area contributed by atoms with Crippen LogP contribution in [0.4, 0.5) is 5.69 Å². The summed E-state index contributed by atoms with van der Waals surface area (Å²) in [6.07, 6.45) is 0. The molecule has 0 spiro atoms. The predicted molar refractivity (Wildman–Crippen MR) is 101 cm³/mol. The molecule has 0 aliphatic heterocycles. The molecule has 0 saturated heterocycles. The Morgan fingerprint density at radius 3 is 2.40 bits per heavy atom. The van der Waals surface area contributed by atoms with Crippen LogP contribution in [0, 0.1) is 0 Å². The Hall–Kier alpha value is -2.85. The number of hydrogen-bond acceptors (Lipinski definition) is 3. The zero-order valence-corrected chi connectivity index (χ0v) is 14.5. The van der Waals surface area contributed by atoms with Gasteiger partial charge in [-0.2, -0.15) is 0 Å². The fraction of sp³-hybridized carbons (Fsp3) is 0.190. The van der Waals surface area contributed by atoms with Gasteiger partial charge >= 0.3 is 0 Å². The molecule has 0 atom stereocenters. The highest BCUT2D eigenvalue weighted by Gasteiger charge is 2.28. The fourth-order valence-electron chi connectivity index (χ4n) is 2.61. The van der Waals surface area contributed by atoms with Crippen LogP contribution < -0.4 is 10.8 Å². The van der Waals surface area contributed by atoms with Gasteiger partial charge < -0.3 is 5.32 Å². The molecule has 3 aromatic rings. The Bertz CT molecular complexity index is 855. The van der Waals surface area contributed by atoms with Crippen LogP contribution >= 0.6 is 0 Å². The van der Waals surface area contributed by atoms with Crippen molar-refractivity contribution in [2.45, 2.75) is 26.0 Å². The van der Waals surface area contributed by atoms with Crippen molar-refractivity contribution < 1.29 is 9.63 Å². The number of hydrogen-bond donors (Lipinski definition) is 2. The molecule has 0 bridgehead atoms. The quantitative estimate of drug-likeness (QED) is 0.662. The summed E-state index contributed by atoms with van der Waals surface area (Å²) in [5.74, 6) is -0.226. The topological polar surface area (TPSA) is 50.4 Å². The number of rotatable bonds is 6. The Morgan fingerprint density at radius 1 is 0.920 bits per heavy atom. The number of carbonyl (C=O) groups is 1. The van der Waals surface area contributed by atoms with Gasteiger partial charge in [0, 0.05) is 11.1 Å². The summed E-state index contributed by atoms with van der Waals surface area (Å²) in [6.45, 7) is 3.99. The third-order valence-electron chi connectivity index (χ3n) is 4.05. The molecule has 0 aliphatic rings. The maximum absolute atomic E-state index is 12.5. The van der Waals surface area contributed by atoms with Crippen molar-refractivity contribution in [3.8, 4) is 0 Å². The first-order valence-electron chi connectivity index (χ1n) is 8.28. The molecule has 1 amide bonds. The zero-order valence-electron chi connectivity index (χ0n) is 14.5. The Kier molecular flexibility index (Phi) is 5.00. The Balaban J connectivity index is 1.65. The van der Waals surface area contributed by atoms with Gasteiger partial charge in [-0.15, -0.1) is 0 Å². The summed E-state index contributed by atoms with van der Waals surface area (Å²) >= 11 is 0. The highest BCUT2D eigenvalue weighted by Crippen LogP contribution is 2.25. The van der Waals surface area contributed by atoms with Gasteiger partial charge in [-0.05, 0) is 30.9 Å². The molecular formula is C21H22N2O2. The van der Waals surface area contributed by atoms with E-state index in [1.165, 1.54) is 0 Å². The number of amides is 1. The van der Waals surface area contributed by atoms with E-state index in [2.05, 4.69) is 22.9 Å². The van der Waals surface area contributed by atoms with E-state index in [9.17, 15) is 4.79 Å². The van der Waals surface area contributed by atoms with Gasteiger partial charge in [-0.3, -0.25) is 9.63 Å². The van der Waals surface area contributed by atoms with E-state index in [0.717, 1.165) is 22.0 Å². The molecule has 3 rings (SSSR count). The number of anilines is 1. The van der Waals surface area contributed by atoms with Crippen LogP contribution in [-0.2, 0) is 16.2 Å². The minimum Gasteiger partial charge on any atom is -0.371 e. The molecule has 0 heterocycles. The molecule has 0 saturated carbocycles. The Labute approximate surface area is 147 Å². The van der Waals surface area contributed by atoms with Crippen LogP contribution in [-0.4, -0.2) is 11.4 Å². The van der Waals surface area contributed by atoms with Gasteiger partial charge in [-0.25, -0.2) is 5.48 Å². The van der Waals surface area contributed by atoms with Gasteiger partial charge in [0.15, 0.2) is 0 Å². The third kappa shape index (κ3) is 4.17. The molecule has 25 heavy (non-hydrogen) atoms. The van der Waals surface area contributed by atoms with Crippen LogP contribution in [0.25, 0.3) is 10.8 Å². The van der Waals surface area contributed by atoms with Crippen molar-refractivity contribution in [2.75, 3.05) is 5.32 Å². The van der Waals surface area contributed by atoms with E-state index < -0.39 is 5.54 Å². The predicted octanol–water partition coefficient (Wildman–Crippen LogP) is 4.28. The summed E-state index contributed by atoms with van der Waals surface area (Å²) < 4.78 is 0. The molecule has 4 nitrogen and oxygen atoms in total. The van der Waals surface area contributed by atoms with Gasteiger partial charge in [0.25, 0.3) is 5.91 Å². The SMILES string of the molecule is CC(C)(Nc1cccc2ccccc12)C(=O)NOCc1ccccc1. The molecule has 3 aromatic carbocycles. The highest BCUT2D eigenvalue weighted by molar-refractivity contribution is 5.96. The monoisotopic (exact) mass is 334 g/mol. The molecule has 128 valence electrons. The highest BCUT2D eigenvalue weighted by atomic mass is 16.6. The maximum Gasteiger partial charge on any atom is 0.268 e. The van der Waals surface area contributed by atoms with Crippen molar-refractivity contribution >= 4 is 22.4 Å². The number of carbonyl (C=O) groups excluding carboxylic acids is 1. The second-order valence-corrected chi connectivity index (χ2v) is 6.48. The fourth-order valence-corrected chi connectivity index (χ4v) is 2.61. The molecule has 0 aromatic heterocycles. The molecular weight excluding hydrogens is 312 g/mol. The van der Waals surface area contributed by atoms with E-state index in [1.807, 2.05) is 74.5 Å². The minimum absolute atomic E-state index is 0.226. The third-order valence-corrected chi connectivity index (χ3v) is 4.05. The summed E-state index contributed by atoms with van der Waals surface area (Å²) in [6, 6.07) is 23.8. The second kappa shape index (κ2) is 7.36. The van der Waals surface area contributed by atoms with Crippen LogP contribution in [0.1, 0.15) is 19.4 Å².